The minimum atomic E-state index is -0.287. The first kappa shape index (κ1) is 55.3. The van der Waals surface area contributed by atoms with Crippen LogP contribution in [0, 0.1) is 5.92 Å². The molecule has 6 heteroatoms. The van der Waals surface area contributed by atoms with E-state index in [1.165, 1.54) is 50.2 Å². The lowest BCUT2D eigenvalue weighted by Gasteiger charge is -2.49. The molecule has 0 N–H and O–H groups in total. The molecule has 0 saturated heterocycles. The smallest absolute Gasteiger partial charge is 0.137 e. The van der Waals surface area contributed by atoms with Crippen LogP contribution in [0.15, 0.2) is 293 Å². The first-order valence-electron chi connectivity index (χ1n) is 33.0. The monoisotopic (exact) mass is 1210 g/mol. The standard InChI is InChI=1S/C87H71N3O3/c1-9-53(40-52(2)88-73-34-16-13-31-67(73)85(3,4)70-46-64-61-28-10-19-37-79(61)91-82(64)49-76(70)88)56-41-57(54-24-22-26-59(44-54)89-74-35-17-14-32-68(74)86(5,6)71-47-65-62-29-11-20-38-80(62)92-83(65)50-77(71)89)43-58(42-56)55-25-23-27-60(45-55)90-75-36-18-15-33-69(75)87(7,8)72-48-66-63-30-12-21-39-81(63)93-84(66)51-78(72)90/h9-30,32-42,44-51,57,61,67,79H,1-2,31,43H2,3-8H3/b53-40+. The number of rotatable bonds is 8. The summed E-state index contributed by atoms with van der Waals surface area (Å²) in [6, 6.07) is 67.2. The molecule has 0 bridgehead atoms. The zero-order valence-corrected chi connectivity index (χ0v) is 53.4. The maximum absolute atomic E-state index is 6.76. The largest absolute Gasteiger partial charge is 0.485 e. The van der Waals surface area contributed by atoms with E-state index in [-0.39, 0.29) is 40.1 Å². The fraction of sp³-hybridized carbons (Fsp3) is 0.172. The molecule has 0 fully saturated rings. The first-order valence-corrected chi connectivity index (χ1v) is 33.0. The predicted molar refractivity (Wildman–Crippen MR) is 385 cm³/mol. The molecule has 0 amide bonds. The highest BCUT2D eigenvalue weighted by Gasteiger charge is 2.47. The van der Waals surface area contributed by atoms with Crippen molar-refractivity contribution in [3.05, 3.63) is 329 Å². The highest BCUT2D eigenvalue weighted by molar-refractivity contribution is 6.09. The van der Waals surface area contributed by atoms with Crippen molar-refractivity contribution in [3.8, 4) is 5.75 Å². The SMILES string of the molecule is C=C/C(=C\C(=C)N1C2=CC=CCC2C(C)(C)c2cc3c(cc21)OC1C=CC=CC31)C1=CC(c2cccc(N3c4ccccc4C(C)(C)c4cc5c(cc43)oc3ccccc35)c2)CC(c2cccc(N3c4ccccc4C(C)(C)c4cc5c(cc43)oc3ccccc35)c2)=C1. The molecule has 2 aromatic heterocycles. The molecular formula is C87H71N3O3. The van der Waals surface area contributed by atoms with Gasteiger partial charge in [0.25, 0.3) is 0 Å². The Balaban J connectivity index is 0.790. The van der Waals surface area contributed by atoms with Gasteiger partial charge in [-0.3, -0.25) is 0 Å². The summed E-state index contributed by atoms with van der Waals surface area (Å²) in [6.45, 7) is 23.9. The molecule has 18 rings (SSSR count). The number of para-hydroxylation sites is 4. The maximum Gasteiger partial charge on any atom is 0.137 e. The van der Waals surface area contributed by atoms with Crippen LogP contribution in [0.2, 0.25) is 0 Å². The van der Waals surface area contributed by atoms with Gasteiger partial charge < -0.3 is 28.3 Å². The van der Waals surface area contributed by atoms with Gasteiger partial charge in [0.15, 0.2) is 0 Å². The van der Waals surface area contributed by atoms with E-state index < -0.39 is 0 Å². The summed E-state index contributed by atoms with van der Waals surface area (Å²) >= 11 is 0. The molecule has 4 unspecified atom stereocenters. The number of benzene rings is 9. The number of fused-ring (bicyclic) bond motifs is 15. The average Bonchev–Trinajstić information content (AvgIpc) is 1.69. The van der Waals surface area contributed by atoms with Gasteiger partial charge in [0.1, 0.15) is 34.2 Å². The van der Waals surface area contributed by atoms with Gasteiger partial charge in [-0.15, -0.1) is 0 Å². The van der Waals surface area contributed by atoms with Gasteiger partial charge >= 0.3 is 0 Å². The molecule has 0 radical (unpaired) electrons. The van der Waals surface area contributed by atoms with Gasteiger partial charge in [-0.2, -0.15) is 0 Å². The van der Waals surface area contributed by atoms with Crippen LogP contribution in [-0.4, -0.2) is 6.10 Å². The number of anilines is 7. The Hall–Kier alpha value is -10.6. The zero-order chi connectivity index (χ0) is 62.8. The Morgan fingerprint density at radius 1 is 0.548 bits per heavy atom. The van der Waals surface area contributed by atoms with Gasteiger partial charge in [0.05, 0.1) is 28.4 Å². The van der Waals surface area contributed by atoms with Gasteiger partial charge in [-0.25, -0.2) is 0 Å². The van der Waals surface area contributed by atoms with Gasteiger partial charge in [-0.05, 0) is 153 Å². The Morgan fingerprint density at radius 2 is 1.16 bits per heavy atom. The van der Waals surface area contributed by atoms with Crippen LogP contribution in [0.4, 0.5) is 39.8 Å². The molecule has 3 aliphatic carbocycles. The van der Waals surface area contributed by atoms with Crippen LogP contribution in [0.5, 0.6) is 5.75 Å². The van der Waals surface area contributed by atoms with Crippen molar-refractivity contribution in [1.29, 1.82) is 0 Å². The molecule has 7 aliphatic rings. The molecule has 6 nitrogen and oxygen atoms in total. The predicted octanol–water partition coefficient (Wildman–Crippen LogP) is 23.1. The molecule has 9 aromatic carbocycles. The quantitative estimate of drug-likeness (QED) is 0.141. The molecule has 452 valence electrons. The molecule has 4 aliphatic heterocycles. The third-order valence-electron chi connectivity index (χ3n) is 21.8. The molecule has 0 spiro atoms. The van der Waals surface area contributed by atoms with Crippen LogP contribution >= 0.6 is 0 Å². The highest BCUT2D eigenvalue weighted by Crippen LogP contribution is 2.59. The van der Waals surface area contributed by atoms with Crippen LogP contribution in [0.3, 0.4) is 0 Å². The van der Waals surface area contributed by atoms with Crippen molar-refractivity contribution in [1.82, 2.24) is 0 Å². The zero-order valence-electron chi connectivity index (χ0n) is 53.4. The number of ether oxygens (including phenoxy) is 1. The van der Waals surface area contributed by atoms with E-state index in [1.807, 2.05) is 6.08 Å². The third-order valence-corrected chi connectivity index (χ3v) is 21.8. The minimum Gasteiger partial charge on any atom is -0.485 e. The van der Waals surface area contributed by atoms with Crippen molar-refractivity contribution < 1.29 is 13.6 Å². The first-order chi connectivity index (χ1) is 45.2. The van der Waals surface area contributed by atoms with Crippen LogP contribution in [-0.2, 0) is 16.2 Å². The van der Waals surface area contributed by atoms with Gasteiger partial charge in [0, 0.05) is 102 Å². The molecular weight excluding hydrogens is 1130 g/mol. The van der Waals surface area contributed by atoms with Crippen LogP contribution in [0.1, 0.15) is 111 Å². The van der Waals surface area contributed by atoms with Crippen molar-refractivity contribution in [2.75, 3.05) is 14.7 Å². The second-order valence-electron chi connectivity index (χ2n) is 28.1. The summed E-state index contributed by atoms with van der Waals surface area (Å²) in [4.78, 5) is 7.34. The summed E-state index contributed by atoms with van der Waals surface area (Å²) in [7, 11) is 0. The Labute approximate surface area is 543 Å². The fourth-order valence-corrected chi connectivity index (χ4v) is 17.0. The van der Waals surface area contributed by atoms with E-state index in [4.69, 9.17) is 20.2 Å². The number of allylic oxidation sites excluding steroid dienone is 13. The van der Waals surface area contributed by atoms with E-state index in [0.717, 1.165) is 125 Å². The fourth-order valence-electron chi connectivity index (χ4n) is 17.0. The van der Waals surface area contributed by atoms with Crippen LogP contribution < -0.4 is 19.4 Å². The Morgan fingerprint density at radius 3 is 1.83 bits per heavy atom. The van der Waals surface area contributed by atoms with Crippen LogP contribution in [0.25, 0.3) is 49.5 Å². The average molecular weight is 1210 g/mol. The van der Waals surface area contributed by atoms with Crippen molar-refractivity contribution in [2.24, 2.45) is 5.92 Å². The topological polar surface area (TPSA) is 45.2 Å². The van der Waals surface area contributed by atoms with E-state index in [0.29, 0.717) is 0 Å². The van der Waals surface area contributed by atoms with Crippen molar-refractivity contribution in [3.63, 3.8) is 0 Å². The van der Waals surface area contributed by atoms with E-state index in [2.05, 4.69) is 306 Å². The summed E-state index contributed by atoms with van der Waals surface area (Å²) in [6.07, 6.45) is 26.5. The normalized spacial score (nSPS) is 20.8. The second-order valence-corrected chi connectivity index (χ2v) is 28.1. The summed E-state index contributed by atoms with van der Waals surface area (Å²) in [5.41, 5.74) is 26.1. The number of nitrogens with zero attached hydrogens (tertiary/aromatic N) is 3. The van der Waals surface area contributed by atoms with E-state index in [9.17, 15) is 0 Å². The molecule has 4 atom stereocenters. The Kier molecular flexibility index (Phi) is 12.0. The maximum atomic E-state index is 6.76. The summed E-state index contributed by atoms with van der Waals surface area (Å²) in [5, 5.41) is 4.53. The van der Waals surface area contributed by atoms with Crippen molar-refractivity contribution >= 4 is 89.3 Å². The minimum absolute atomic E-state index is 0.0164. The summed E-state index contributed by atoms with van der Waals surface area (Å²) in [5.74, 6) is 1.32. The number of furan rings is 2. The number of hydrogen-bond acceptors (Lipinski definition) is 6. The van der Waals surface area contributed by atoms with E-state index in [1.54, 1.807) is 0 Å². The van der Waals surface area contributed by atoms with Crippen molar-refractivity contribution in [2.45, 2.75) is 88.6 Å². The second kappa shape index (κ2) is 20.2. The van der Waals surface area contributed by atoms with Gasteiger partial charge in [-0.1, -0.05) is 200 Å². The molecule has 93 heavy (non-hydrogen) atoms. The molecule has 11 aromatic rings. The lowest BCUT2D eigenvalue weighted by Crippen LogP contribution is -2.43. The summed E-state index contributed by atoms with van der Waals surface area (Å²) < 4.78 is 20.1. The third kappa shape index (κ3) is 8.26. The molecule has 0 saturated carbocycles. The lowest BCUT2D eigenvalue weighted by molar-refractivity contribution is 0.269. The van der Waals surface area contributed by atoms with Gasteiger partial charge in [0.2, 0.25) is 0 Å². The highest BCUT2D eigenvalue weighted by atomic mass is 16.5. The lowest BCUT2D eigenvalue weighted by atomic mass is 9.65. The van der Waals surface area contributed by atoms with E-state index >= 15 is 0 Å². The number of hydrogen-bond donors (Lipinski definition) is 0. The Bertz CT molecular complexity index is 5330. The molecule has 6 heterocycles.